The van der Waals surface area contributed by atoms with Crippen molar-refractivity contribution in [2.75, 3.05) is 0 Å². The van der Waals surface area contributed by atoms with Crippen LogP contribution in [0.5, 0.6) is 0 Å². The summed E-state index contributed by atoms with van der Waals surface area (Å²) < 4.78 is 14.0. The number of halogens is 1. The minimum atomic E-state index is -0.102. The minimum Gasteiger partial charge on any atom is -0.285 e. The van der Waals surface area contributed by atoms with Crippen molar-refractivity contribution in [3.8, 4) is 11.1 Å². The SMILES string of the molecule is CCCCc1c(F)cc(C)cc1-c1cn[nH]c1. The molecule has 0 aliphatic carbocycles. The first-order valence-electron chi connectivity index (χ1n) is 6.00. The molecule has 2 rings (SSSR count). The van der Waals surface area contributed by atoms with Crippen molar-refractivity contribution in [2.45, 2.75) is 33.1 Å². The molecule has 0 spiro atoms. The molecule has 1 heterocycles. The predicted molar refractivity (Wildman–Crippen MR) is 67.3 cm³/mol. The summed E-state index contributed by atoms with van der Waals surface area (Å²) in [7, 11) is 0. The van der Waals surface area contributed by atoms with Crippen molar-refractivity contribution in [1.82, 2.24) is 10.2 Å². The summed E-state index contributed by atoms with van der Waals surface area (Å²) in [4.78, 5) is 0. The van der Waals surface area contributed by atoms with Crippen molar-refractivity contribution in [1.29, 1.82) is 0 Å². The average molecular weight is 232 g/mol. The molecular formula is C14H17FN2. The van der Waals surface area contributed by atoms with E-state index in [0.29, 0.717) is 0 Å². The zero-order chi connectivity index (χ0) is 12.3. The number of nitrogens with one attached hydrogen (secondary N) is 1. The van der Waals surface area contributed by atoms with Crippen LogP contribution < -0.4 is 0 Å². The quantitative estimate of drug-likeness (QED) is 0.851. The molecule has 2 aromatic rings. The van der Waals surface area contributed by atoms with Gasteiger partial charge in [-0.1, -0.05) is 19.4 Å². The van der Waals surface area contributed by atoms with Gasteiger partial charge in [0.05, 0.1) is 6.20 Å². The Morgan fingerprint density at radius 2 is 2.18 bits per heavy atom. The monoisotopic (exact) mass is 232 g/mol. The number of unbranched alkanes of at least 4 members (excludes halogenated alkanes) is 1. The Kier molecular flexibility index (Phi) is 3.57. The zero-order valence-electron chi connectivity index (χ0n) is 10.3. The van der Waals surface area contributed by atoms with Crippen LogP contribution in [-0.4, -0.2) is 10.2 Å². The third-order valence-electron chi connectivity index (χ3n) is 2.93. The van der Waals surface area contributed by atoms with E-state index in [2.05, 4.69) is 17.1 Å². The number of hydrogen-bond donors (Lipinski definition) is 1. The van der Waals surface area contributed by atoms with Gasteiger partial charge in [0.15, 0.2) is 0 Å². The fourth-order valence-electron chi connectivity index (χ4n) is 2.04. The van der Waals surface area contributed by atoms with E-state index in [1.807, 2.05) is 19.2 Å². The molecule has 0 saturated carbocycles. The minimum absolute atomic E-state index is 0.102. The van der Waals surface area contributed by atoms with Gasteiger partial charge in [-0.25, -0.2) is 4.39 Å². The molecule has 0 radical (unpaired) electrons. The summed E-state index contributed by atoms with van der Waals surface area (Å²) in [6.45, 7) is 4.03. The fraction of sp³-hybridized carbons (Fsp3) is 0.357. The van der Waals surface area contributed by atoms with Crippen LogP contribution in [0, 0.1) is 12.7 Å². The Morgan fingerprint density at radius 1 is 1.35 bits per heavy atom. The molecule has 3 heteroatoms. The normalized spacial score (nSPS) is 10.8. The molecule has 0 fully saturated rings. The van der Waals surface area contributed by atoms with E-state index in [1.165, 1.54) is 0 Å². The summed E-state index contributed by atoms with van der Waals surface area (Å²) in [5.41, 5.74) is 3.67. The Hall–Kier alpha value is -1.64. The predicted octanol–water partition coefficient (Wildman–Crippen LogP) is 3.87. The lowest BCUT2D eigenvalue weighted by atomic mass is 9.95. The maximum atomic E-state index is 14.0. The first-order chi connectivity index (χ1) is 8.22. The van der Waals surface area contributed by atoms with Gasteiger partial charge in [-0.05, 0) is 42.5 Å². The number of hydrogen-bond acceptors (Lipinski definition) is 1. The summed E-state index contributed by atoms with van der Waals surface area (Å²) in [5, 5.41) is 6.71. The van der Waals surface area contributed by atoms with Gasteiger partial charge >= 0.3 is 0 Å². The molecule has 2 nitrogen and oxygen atoms in total. The van der Waals surface area contributed by atoms with Crippen molar-refractivity contribution in [2.24, 2.45) is 0 Å². The van der Waals surface area contributed by atoms with Crippen LogP contribution in [0.4, 0.5) is 4.39 Å². The van der Waals surface area contributed by atoms with Gasteiger partial charge in [0.25, 0.3) is 0 Å². The number of benzene rings is 1. The highest BCUT2D eigenvalue weighted by Crippen LogP contribution is 2.27. The molecular weight excluding hydrogens is 215 g/mol. The lowest BCUT2D eigenvalue weighted by molar-refractivity contribution is 0.603. The van der Waals surface area contributed by atoms with E-state index in [0.717, 1.165) is 41.5 Å². The average Bonchev–Trinajstić information content (AvgIpc) is 2.80. The molecule has 0 bridgehead atoms. The maximum absolute atomic E-state index is 14.0. The number of nitrogens with zero attached hydrogens (tertiary/aromatic N) is 1. The van der Waals surface area contributed by atoms with Gasteiger partial charge in [-0.15, -0.1) is 0 Å². The Balaban J connectivity index is 2.47. The molecule has 0 unspecified atom stereocenters. The Morgan fingerprint density at radius 3 is 2.82 bits per heavy atom. The third-order valence-corrected chi connectivity index (χ3v) is 2.93. The number of H-pyrrole nitrogens is 1. The molecule has 0 aliphatic heterocycles. The Bertz CT molecular complexity index is 489. The molecule has 0 amide bonds. The first-order valence-corrected chi connectivity index (χ1v) is 6.00. The maximum Gasteiger partial charge on any atom is 0.127 e. The topological polar surface area (TPSA) is 28.7 Å². The van der Waals surface area contributed by atoms with Crippen molar-refractivity contribution in [3.63, 3.8) is 0 Å². The van der Waals surface area contributed by atoms with E-state index in [9.17, 15) is 4.39 Å². The Labute approximate surface area is 101 Å². The zero-order valence-corrected chi connectivity index (χ0v) is 10.3. The van der Waals surface area contributed by atoms with Crippen LogP contribution in [0.1, 0.15) is 30.9 Å². The molecule has 90 valence electrons. The third kappa shape index (κ3) is 2.54. The van der Waals surface area contributed by atoms with Gasteiger partial charge in [0.2, 0.25) is 0 Å². The van der Waals surface area contributed by atoms with Crippen LogP contribution in [0.3, 0.4) is 0 Å². The van der Waals surface area contributed by atoms with Gasteiger partial charge in [-0.3, -0.25) is 5.10 Å². The van der Waals surface area contributed by atoms with E-state index in [-0.39, 0.29) is 5.82 Å². The summed E-state index contributed by atoms with van der Waals surface area (Å²) in [6, 6.07) is 3.63. The largest absolute Gasteiger partial charge is 0.285 e. The number of aryl methyl sites for hydroxylation is 1. The van der Waals surface area contributed by atoms with Crippen LogP contribution in [-0.2, 0) is 6.42 Å². The lowest BCUT2D eigenvalue weighted by Gasteiger charge is -2.10. The molecule has 0 aliphatic rings. The summed E-state index contributed by atoms with van der Waals surface area (Å²) >= 11 is 0. The van der Waals surface area contributed by atoms with Crippen molar-refractivity contribution in [3.05, 3.63) is 41.5 Å². The van der Waals surface area contributed by atoms with E-state index in [1.54, 1.807) is 12.3 Å². The second-order valence-corrected chi connectivity index (χ2v) is 4.36. The molecule has 0 atom stereocenters. The molecule has 17 heavy (non-hydrogen) atoms. The highest BCUT2D eigenvalue weighted by molar-refractivity contribution is 5.67. The highest BCUT2D eigenvalue weighted by Gasteiger charge is 2.11. The molecule has 1 N–H and O–H groups in total. The number of rotatable bonds is 4. The van der Waals surface area contributed by atoms with Crippen LogP contribution in [0.25, 0.3) is 11.1 Å². The van der Waals surface area contributed by atoms with E-state index in [4.69, 9.17) is 0 Å². The number of aromatic amines is 1. The van der Waals surface area contributed by atoms with E-state index >= 15 is 0 Å². The van der Waals surface area contributed by atoms with Crippen molar-refractivity contribution >= 4 is 0 Å². The fourth-order valence-corrected chi connectivity index (χ4v) is 2.04. The standard InChI is InChI=1S/C14H17FN2/c1-3-4-5-12-13(11-8-16-17-9-11)6-10(2)7-14(12)15/h6-9H,3-5H2,1-2H3,(H,16,17). The van der Waals surface area contributed by atoms with Gasteiger partial charge in [0.1, 0.15) is 5.82 Å². The lowest BCUT2D eigenvalue weighted by Crippen LogP contribution is -1.96. The van der Waals surface area contributed by atoms with Crippen molar-refractivity contribution < 1.29 is 4.39 Å². The second-order valence-electron chi connectivity index (χ2n) is 4.36. The highest BCUT2D eigenvalue weighted by atomic mass is 19.1. The summed E-state index contributed by atoms with van der Waals surface area (Å²) in [6.07, 6.45) is 6.40. The van der Waals surface area contributed by atoms with Gasteiger partial charge in [-0.2, -0.15) is 5.10 Å². The van der Waals surface area contributed by atoms with Gasteiger partial charge in [0, 0.05) is 11.8 Å². The first kappa shape index (κ1) is 11.8. The molecule has 0 saturated heterocycles. The number of aromatic nitrogens is 2. The van der Waals surface area contributed by atoms with Crippen LogP contribution in [0.15, 0.2) is 24.5 Å². The van der Waals surface area contributed by atoms with Crippen LogP contribution in [0.2, 0.25) is 0 Å². The molecule has 1 aromatic carbocycles. The second kappa shape index (κ2) is 5.13. The molecule has 1 aromatic heterocycles. The smallest absolute Gasteiger partial charge is 0.127 e. The van der Waals surface area contributed by atoms with E-state index < -0.39 is 0 Å². The van der Waals surface area contributed by atoms with Gasteiger partial charge < -0.3 is 0 Å². The van der Waals surface area contributed by atoms with Crippen LogP contribution >= 0.6 is 0 Å². The summed E-state index contributed by atoms with van der Waals surface area (Å²) in [5.74, 6) is -0.102.